The molecule has 0 aliphatic carbocycles. The van der Waals surface area contributed by atoms with Crippen LogP contribution >= 0.6 is 7.82 Å². The van der Waals surface area contributed by atoms with Gasteiger partial charge < -0.3 is 18.9 Å². The van der Waals surface area contributed by atoms with Crippen LogP contribution in [0, 0.1) is 0 Å². The molecule has 10 heteroatoms. The molecular weight excluding hydrogens is 1010 g/mol. The van der Waals surface area contributed by atoms with Crippen molar-refractivity contribution >= 4 is 19.8 Å². The molecule has 1 N–H and O–H groups in total. The smallest absolute Gasteiger partial charge is 0.462 e. The second-order valence-electron chi connectivity index (χ2n) is 24.9. The van der Waals surface area contributed by atoms with E-state index in [1.165, 1.54) is 270 Å². The van der Waals surface area contributed by atoms with E-state index in [9.17, 15) is 19.0 Å². The third kappa shape index (κ3) is 65.4. The summed E-state index contributed by atoms with van der Waals surface area (Å²) in [4.78, 5) is 35.9. The van der Waals surface area contributed by atoms with E-state index in [1.807, 2.05) is 21.1 Å². The predicted molar refractivity (Wildman–Crippen MR) is 344 cm³/mol. The van der Waals surface area contributed by atoms with Crippen LogP contribution in [-0.4, -0.2) is 74.9 Å². The number of unbranched alkanes of at least 4 members (excludes halogenated alkanes) is 45. The fourth-order valence-electron chi connectivity index (χ4n) is 10.3. The second kappa shape index (κ2) is 61.8. The zero-order chi connectivity index (χ0) is 58.4. The number of esters is 2. The Morgan fingerprint density at radius 1 is 0.388 bits per heavy atom. The number of rotatable bonds is 65. The van der Waals surface area contributed by atoms with Crippen LogP contribution in [0.15, 0.2) is 36.5 Å². The number of phosphoric acid groups is 1. The van der Waals surface area contributed by atoms with Crippen molar-refractivity contribution in [3.05, 3.63) is 36.5 Å². The average Bonchev–Trinajstić information content (AvgIpc) is 3.42. The molecular formula is C70H135NO8P+. The number of phosphoric ester groups is 1. The van der Waals surface area contributed by atoms with Crippen LogP contribution in [0.3, 0.4) is 0 Å². The van der Waals surface area contributed by atoms with E-state index < -0.39 is 26.5 Å². The zero-order valence-corrected chi connectivity index (χ0v) is 54.7. The van der Waals surface area contributed by atoms with E-state index in [4.69, 9.17) is 18.5 Å². The number of nitrogens with zero attached hydrogens (tertiary/aromatic N) is 1. The Hall–Kier alpha value is -1.77. The molecule has 0 aromatic rings. The minimum Gasteiger partial charge on any atom is -0.462 e. The first-order chi connectivity index (χ1) is 39.0. The summed E-state index contributed by atoms with van der Waals surface area (Å²) in [6, 6.07) is 0. The molecule has 0 aromatic heterocycles. The molecule has 0 radical (unpaired) electrons. The van der Waals surface area contributed by atoms with Crippen molar-refractivity contribution in [1.29, 1.82) is 0 Å². The van der Waals surface area contributed by atoms with Crippen molar-refractivity contribution in [2.45, 2.75) is 354 Å². The molecule has 9 nitrogen and oxygen atoms in total. The molecule has 0 aromatic carbocycles. The Kier molecular flexibility index (Phi) is 60.4. The van der Waals surface area contributed by atoms with E-state index in [0.29, 0.717) is 23.9 Å². The van der Waals surface area contributed by atoms with Crippen LogP contribution in [0.2, 0.25) is 0 Å². The van der Waals surface area contributed by atoms with E-state index in [1.54, 1.807) is 0 Å². The van der Waals surface area contributed by atoms with Crippen molar-refractivity contribution in [1.82, 2.24) is 0 Å². The van der Waals surface area contributed by atoms with Crippen LogP contribution in [0.1, 0.15) is 348 Å². The van der Waals surface area contributed by atoms with Crippen molar-refractivity contribution in [2.75, 3.05) is 47.5 Å². The van der Waals surface area contributed by atoms with Gasteiger partial charge in [-0.05, 0) is 51.4 Å². The van der Waals surface area contributed by atoms with E-state index in [-0.39, 0.29) is 25.6 Å². The van der Waals surface area contributed by atoms with Crippen molar-refractivity contribution < 1.29 is 42.1 Å². The summed E-state index contributed by atoms with van der Waals surface area (Å²) < 4.78 is 34.7. The molecule has 0 rings (SSSR count). The fourth-order valence-corrected chi connectivity index (χ4v) is 11.1. The first-order valence-electron chi connectivity index (χ1n) is 34.7. The highest BCUT2D eigenvalue weighted by molar-refractivity contribution is 7.47. The number of carbonyl (C=O) groups is 2. The van der Waals surface area contributed by atoms with E-state index >= 15 is 0 Å². The first kappa shape index (κ1) is 78.2. The van der Waals surface area contributed by atoms with Crippen LogP contribution in [-0.2, 0) is 32.7 Å². The molecule has 0 heterocycles. The third-order valence-corrected chi connectivity index (χ3v) is 16.7. The number of likely N-dealkylation sites (N-methyl/N-ethyl adjacent to an activating group) is 1. The number of quaternary nitrogens is 1. The maximum Gasteiger partial charge on any atom is 0.472 e. The van der Waals surface area contributed by atoms with E-state index in [2.05, 4.69) is 50.3 Å². The van der Waals surface area contributed by atoms with Gasteiger partial charge in [0.1, 0.15) is 19.8 Å². The normalized spacial score (nSPS) is 13.3. The molecule has 0 saturated carbocycles. The quantitative estimate of drug-likeness (QED) is 0.0211. The molecule has 0 spiro atoms. The van der Waals surface area contributed by atoms with Gasteiger partial charge >= 0.3 is 19.8 Å². The molecule has 0 aliphatic heterocycles. The molecule has 0 bridgehead atoms. The van der Waals surface area contributed by atoms with Crippen molar-refractivity contribution in [2.24, 2.45) is 0 Å². The number of ether oxygens (including phenoxy) is 2. The summed E-state index contributed by atoms with van der Waals surface area (Å²) in [5, 5.41) is 0. The molecule has 2 unspecified atom stereocenters. The largest absolute Gasteiger partial charge is 0.472 e. The number of hydrogen-bond acceptors (Lipinski definition) is 7. The highest BCUT2D eigenvalue weighted by Crippen LogP contribution is 2.43. The van der Waals surface area contributed by atoms with Gasteiger partial charge in [-0.3, -0.25) is 18.6 Å². The summed E-state index contributed by atoms with van der Waals surface area (Å²) in [5.41, 5.74) is 0. The van der Waals surface area contributed by atoms with Gasteiger partial charge in [-0.1, -0.05) is 320 Å². The Morgan fingerprint density at radius 2 is 0.675 bits per heavy atom. The average molecular weight is 1150 g/mol. The summed E-state index contributed by atoms with van der Waals surface area (Å²) in [5.74, 6) is -0.778. The maximum atomic E-state index is 12.9. The Labute approximate surface area is 497 Å². The van der Waals surface area contributed by atoms with Crippen LogP contribution in [0.25, 0.3) is 0 Å². The van der Waals surface area contributed by atoms with Crippen molar-refractivity contribution in [3.8, 4) is 0 Å². The lowest BCUT2D eigenvalue weighted by Crippen LogP contribution is -2.37. The highest BCUT2D eigenvalue weighted by atomic mass is 31.2. The monoisotopic (exact) mass is 1150 g/mol. The highest BCUT2D eigenvalue weighted by Gasteiger charge is 2.27. The molecule has 0 fully saturated rings. The topological polar surface area (TPSA) is 108 Å². The standard InChI is InChI=1S/C70H134NO8P/c1-6-8-10-12-14-16-18-20-22-24-26-28-30-32-34-35-37-39-41-43-45-47-49-51-53-55-57-59-61-63-70(73)79-68(67-78-80(74,75)77-65-64-71(3,4)5)66-76-69(72)62-60-58-56-54-52-50-48-46-44-42-40-38-36-33-31-29-27-25-23-21-19-17-15-13-11-9-7-2/h18,20,24,26,30,32,68H,6-17,19,21-23,25,27-29,31,33-67H2,1-5H3/p+1/b20-18-,26-24-,32-30-. The van der Waals surface area contributed by atoms with Crippen LogP contribution < -0.4 is 0 Å². The fraction of sp³-hybridized carbons (Fsp3) is 0.886. The Bertz CT molecular complexity index is 1440. The van der Waals surface area contributed by atoms with Gasteiger partial charge in [0.15, 0.2) is 6.10 Å². The van der Waals surface area contributed by atoms with Gasteiger partial charge in [-0.15, -0.1) is 0 Å². The molecule has 80 heavy (non-hydrogen) atoms. The van der Waals surface area contributed by atoms with Crippen LogP contribution in [0.5, 0.6) is 0 Å². The second-order valence-corrected chi connectivity index (χ2v) is 26.4. The minimum atomic E-state index is -4.39. The van der Waals surface area contributed by atoms with Gasteiger partial charge in [0.05, 0.1) is 27.7 Å². The molecule has 0 saturated heterocycles. The number of allylic oxidation sites excluding steroid dienone is 6. The Morgan fingerprint density at radius 3 is 1.00 bits per heavy atom. The summed E-state index contributed by atoms with van der Waals surface area (Å²) in [7, 11) is 1.49. The lowest BCUT2D eigenvalue weighted by molar-refractivity contribution is -0.870. The maximum absolute atomic E-state index is 12.9. The summed E-state index contributed by atoms with van der Waals surface area (Å²) >= 11 is 0. The number of carbonyl (C=O) groups excluding carboxylic acids is 2. The summed E-state index contributed by atoms with van der Waals surface area (Å²) in [6.07, 6.45) is 78.2. The van der Waals surface area contributed by atoms with Gasteiger partial charge in [0.2, 0.25) is 0 Å². The van der Waals surface area contributed by atoms with Crippen molar-refractivity contribution in [3.63, 3.8) is 0 Å². The molecule has 0 amide bonds. The van der Waals surface area contributed by atoms with Gasteiger partial charge in [0, 0.05) is 12.8 Å². The molecule has 0 aliphatic rings. The SMILES string of the molecule is CCCCCCC/C=C\C/C=C\C/C=C\CCCCCCCCCCCCCCCCC(=O)OC(COC(=O)CCCCCCCCCCCCCCCCCCCCCCCCCCCCC)COP(=O)(O)OCC[N+](C)(C)C. The predicted octanol–water partition coefficient (Wildman–Crippen LogP) is 22.3. The lowest BCUT2D eigenvalue weighted by Gasteiger charge is -2.24. The zero-order valence-electron chi connectivity index (χ0n) is 53.8. The Balaban J connectivity index is 4.02. The van der Waals surface area contributed by atoms with Gasteiger partial charge in [-0.2, -0.15) is 0 Å². The summed E-state index contributed by atoms with van der Waals surface area (Å²) in [6.45, 7) is 4.49. The molecule has 472 valence electrons. The van der Waals surface area contributed by atoms with Gasteiger partial charge in [-0.25, -0.2) is 4.57 Å². The van der Waals surface area contributed by atoms with E-state index in [0.717, 1.165) is 44.9 Å². The van der Waals surface area contributed by atoms with Crippen LogP contribution in [0.4, 0.5) is 0 Å². The minimum absolute atomic E-state index is 0.0340. The first-order valence-corrected chi connectivity index (χ1v) is 36.2. The number of hydrogen-bond donors (Lipinski definition) is 1. The van der Waals surface area contributed by atoms with Gasteiger partial charge in [0.25, 0.3) is 0 Å². The molecule has 2 atom stereocenters. The lowest BCUT2D eigenvalue weighted by atomic mass is 10.0. The third-order valence-electron chi connectivity index (χ3n) is 15.7.